The number of fused-ring (bicyclic) bond motifs is 2. The first-order valence-electron chi connectivity index (χ1n) is 18.3. The lowest BCUT2D eigenvalue weighted by Gasteiger charge is -2.32. The molecule has 2 aromatic carbocycles. The number of nitrogens with one attached hydrogen (secondary N) is 1. The van der Waals surface area contributed by atoms with Crippen LogP contribution in [0.2, 0.25) is 0 Å². The molecule has 0 spiro atoms. The Balaban J connectivity index is 0.000000192. The van der Waals surface area contributed by atoms with Crippen LogP contribution in [0.3, 0.4) is 0 Å². The van der Waals surface area contributed by atoms with Crippen LogP contribution in [-0.4, -0.2) is 99.5 Å². The number of piperidine rings is 2. The van der Waals surface area contributed by atoms with E-state index in [-0.39, 0.29) is 16.9 Å². The van der Waals surface area contributed by atoms with Gasteiger partial charge in [0.05, 0.1) is 54.4 Å². The molecular weight excluding hydrogens is 677 g/mol. The summed E-state index contributed by atoms with van der Waals surface area (Å²) >= 11 is 0. The molecule has 0 atom stereocenters. The van der Waals surface area contributed by atoms with Crippen LogP contribution in [0.25, 0.3) is 22.1 Å². The van der Waals surface area contributed by atoms with Crippen molar-refractivity contribution in [1.29, 1.82) is 0 Å². The van der Waals surface area contributed by atoms with Gasteiger partial charge in [0.25, 0.3) is 11.1 Å². The van der Waals surface area contributed by atoms with Gasteiger partial charge in [0.15, 0.2) is 0 Å². The van der Waals surface area contributed by atoms with Gasteiger partial charge < -0.3 is 39.5 Å². The lowest BCUT2D eigenvalue weighted by atomic mass is 10.0. The minimum atomic E-state index is -0.259. The second-order valence-electron chi connectivity index (χ2n) is 13.8. The molecule has 0 bridgehead atoms. The minimum Gasteiger partial charge on any atom is -0.497 e. The third-order valence-electron chi connectivity index (χ3n) is 10.3. The zero-order valence-electron chi connectivity index (χ0n) is 30.8. The molecule has 0 radical (unpaired) electrons. The molecule has 5 heterocycles. The molecule has 3 N–H and O–H groups in total. The van der Waals surface area contributed by atoms with Crippen molar-refractivity contribution in [2.24, 2.45) is 5.73 Å². The summed E-state index contributed by atoms with van der Waals surface area (Å²) in [4.78, 5) is 41.9. The standard InChI is InChI=1S/C23H28FN5O2.C16H22N4O2/c1-16-20(24)11-17(13-25-16)14-26-18-5-7-28(8-6-18)9-10-29-22-12-19(31-2)3-4-21(22)27-15-23(29)30;1-22-13-2-3-14-15(10-13)20(16(21)11-18-14)9-8-19-6-4-12(17)5-7-19/h3-4,11-13,15,18,26H,5-10,14H2,1-2H3;2-3,10-12H,4-9,17H2,1H3. The van der Waals surface area contributed by atoms with Crippen molar-refractivity contribution in [3.63, 3.8) is 0 Å². The van der Waals surface area contributed by atoms with Gasteiger partial charge in [-0.2, -0.15) is 0 Å². The predicted octanol–water partition coefficient (Wildman–Crippen LogP) is 3.33. The first-order valence-corrected chi connectivity index (χ1v) is 18.3. The first kappa shape index (κ1) is 38.0. The number of aromatic nitrogens is 5. The van der Waals surface area contributed by atoms with Crippen LogP contribution < -0.4 is 31.6 Å². The highest BCUT2D eigenvalue weighted by Gasteiger charge is 2.20. The molecular formula is C39H50FN9O4. The van der Waals surface area contributed by atoms with E-state index in [9.17, 15) is 14.0 Å². The SMILES string of the molecule is COc1ccc2ncc(=O)n(CCN3CCC(N)CC3)c2c1.COc1ccc2ncc(=O)n(CCN3CCC(NCc4cnc(C)c(F)c4)CC3)c2c1. The molecule has 3 aromatic heterocycles. The third-order valence-corrected chi connectivity index (χ3v) is 10.3. The Bertz CT molecular complexity index is 2110. The molecule has 2 aliphatic rings. The van der Waals surface area contributed by atoms with Gasteiger partial charge in [-0.05, 0) is 94.7 Å². The number of aryl methyl sites for hydroxylation is 1. The summed E-state index contributed by atoms with van der Waals surface area (Å²) in [6.45, 7) is 9.12. The van der Waals surface area contributed by atoms with Crippen molar-refractivity contribution in [1.82, 2.24) is 39.2 Å². The number of rotatable bonds is 11. The lowest BCUT2D eigenvalue weighted by Crippen LogP contribution is -2.43. The van der Waals surface area contributed by atoms with E-state index < -0.39 is 0 Å². The second kappa shape index (κ2) is 17.8. The van der Waals surface area contributed by atoms with Crippen LogP contribution in [0, 0.1) is 12.7 Å². The summed E-state index contributed by atoms with van der Waals surface area (Å²) < 4.78 is 27.8. The average molecular weight is 728 g/mol. The quantitative estimate of drug-likeness (QED) is 0.207. The van der Waals surface area contributed by atoms with Crippen LogP contribution in [0.15, 0.2) is 70.6 Å². The molecule has 14 heteroatoms. The molecule has 0 unspecified atom stereocenters. The summed E-state index contributed by atoms with van der Waals surface area (Å²) in [5.41, 5.74) is 10.3. The van der Waals surface area contributed by atoms with Crippen LogP contribution in [0.4, 0.5) is 4.39 Å². The van der Waals surface area contributed by atoms with Gasteiger partial charge in [-0.25, -0.2) is 14.4 Å². The van der Waals surface area contributed by atoms with Gasteiger partial charge in [0.1, 0.15) is 17.3 Å². The number of methoxy groups -OCH3 is 2. The molecule has 53 heavy (non-hydrogen) atoms. The summed E-state index contributed by atoms with van der Waals surface area (Å²) in [6, 6.07) is 13.5. The third kappa shape index (κ3) is 9.82. The Labute approximate surface area is 308 Å². The Morgan fingerprint density at radius 1 is 0.736 bits per heavy atom. The monoisotopic (exact) mass is 727 g/mol. The van der Waals surface area contributed by atoms with Crippen LogP contribution in [-0.2, 0) is 19.6 Å². The van der Waals surface area contributed by atoms with Gasteiger partial charge >= 0.3 is 0 Å². The zero-order chi connectivity index (χ0) is 37.3. The zero-order valence-corrected chi connectivity index (χ0v) is 30.8. The number of ether oxygens (including phenoxy) is 2. The molecule has 5 aromatic rings. The smallest absolute Gasteiger partial charge is 0.269 e. The van der Waals surface area contributed by atoms with Crippen molar-refractivity contribution >= 4 is 22.1 Å². The van der Waals surface area contributed by atoms with E-state index in [1.165, 1.54) is 12.4 Å². The van der Waals surface area contributed by atoms with Crippen molar-refractivity contribution < 1.29 is 13.9 Å². The van der Waals surface area contributed by atoms with E-state index in [0.29, 0.717) is 43.2 Å². The number of hydrogen-bond donors (Lipinski definition) is 2. The topological polar surface area (TPSA) is 146 Å². The summed E-state index contributed by atoms with van der Waals surface area (Å²) in [7, 11) is 3.24. The fraction of sp³-hybridized carbons (Fsp3) is 0.462. The number of pyridine rings is 1. The fourth-order valence-electron chi connectivity index (χ4n) is 6.92. The summed E-state index contributed by atoms with van der Waals surface area (Å²) in [5, 5.41) is 3.51. The minimum absolute atomic E-state index is 0.0746. The van der Waals surface area contributed by atoms with Gasteiger partial charge in [-0.3, -0.25) is 14.6 Å². The molecule has 0 aliphatic carbocycles. The molecule has 0 amide bonds. The fourth-order valence-corrected chi connectivity index (χ4v) is 6.92. The van der Waals surface area contributed by atoms with E-state index >= 15 is 0 Å². The van der Waals surface area contributed by atoms with Gasteiger partial charge in [0, 0.05) is 63.1 Å². The molecule has 13 nitrogen and oxygen atoms in total. The number of halogens is 1. The Morgan fingerprint density at radius 3 is 1.74 bits per heavy atom. The van der Waals surface area contributed by atoms with E-state index in [1.54, 1.807) is 42.5 Å². The highest BCUT2D eigenvalue weighted by Crippen LogP contribution is 2.20. The molecule has 2 fully saturated rings. The highest BCUT2D eigenvalue weighted by molar-refractivity contribution is 5.77. The maximum atomic E-state index is 13.7. The number of likely N-dealkylation sites (tertiary alicyclic amines) is 2. The summed E-state index contributed by atoms with van der Waals surface area (Å²) in [5.74, 6) is 1.19. The van der Waals surface area contributed by atoms with Crippen LogP contribution >= 0.6 is 0 Å². The van der Waals surface area contributed by atoms with Crippen molar-refractivity contribution in [3.8, 4) is 11.5 Å². The van der Waals surface area contributed by atoms with Gasteiger partial charge in [-0.1, -0.05) is 0 Å². The van der Waals surface area contributed by atoms with E-state index in [0.717, 1.165) is 98.3 Å². The Morgan fingerprint density at radius 2 is 1.25 bits per heavy atom. The lowest BCUT2D eigenvalue weighted by molar-refractivity contribution is 0.191. The normalized spacial score (nSPS) is 16.1. The van der Waals surface area contributed by atoms with Gasteiger partial charge in [-0.15, -0.1) is 0 Å². The number of nitrogens with two attached hydrogens (primary N) is 1. The first-order chi connectivity index (χ1) is 25.7. The van der Waals surface area contributed by atoms with Gasteiger partial charge in [0.2, 0.25) is 0 Å². The highest BCUT2D eigenvalue weighted by atomic mass is 19.1. The maximum Gasteiger partial charge on any atom is 0.269 e. The van der Waals surface area contributed by atoms with E-state index in [2.05, 4.69) is 30.1 Å². The van der Waals surface area contributed by atoms with E-state index in [4.69, 9.17) is 15.2 Å². The molecule has 0 saturated carbocycles. The van der Waals surface area contributed by atoms with Crippen molar-refractivity contribution in [2.45, 2.75) is 64.3 Å². The predicted molar refractivity (Wildman–Crippen MR) is 204 cm³/mol. The van der Waals surface area contributed by atoms with E-state index in [1.807, 2.05) is 36.4 Å². The van der Waals surface area contributed by atoms with Crippen LogP contribution in [0.5, 0.6) is 11.5 Å². The number of nitrogens with zero attached hydrogens (tertiary/aromatic N) is 7. The number of benzene rings is 2. The molecule has 282 valence electrons. The molecule has 2 aliphatic heterocycles. The largest absolute Gasteiger partial charge is 0.497 e. The second-order valence-corrected chi connectivity index (χ2v) is 13.8. The van der Waals surface area contributed by atoms with Crippen molar-refractivity contribution in [2.75, 3.05) is 53.5 Å². The number of hydrogen-bond acceptors (Lipinski definition) is 11. The van der Waals surface area contributed by atoms with Crippen molar-refractivity contribution in [3.05, 3.63) is 98.8 Å². The average Bonchev–Trinajstić information content (AvgIpc) is 3.18. The van der Waals surface area contributed by atoms with Crippen LogP contribution in [0.1, 0.15) is 36.9 Å². The Hall–Kier alpha value is -4.76. The molecule has 2 saturated heterocycles. The molecule has 7 rings (SSSR count). The maximum absolute atomic E-state index is 13.7. The summed E-state index contributed by atoms with van der Waals surface area (Å²) in [6.07, 6.45) is 8.59. The Kier molecular flexibility index (Phi) is 12.8.